The summed E-state index contributed by atoms with van der Waals surface area (Å²) in [5, 5.41) is 1.56. The Balaban J connectivity index is 2.04. The molecule has 0 aliphatic rings. The fraction of sp³-hybridized carbons (Fsp3) is 0.364. The highest BCUT2D eigenvalue weighted by atomic mass is 35.5. The third kappa shape index (κ3) is 4.92. The SMILES string of the molecule is CCN(CC)CCN(C(=O)c1cc(Cl)ccc1Cl)c1nc2cc(C)cc(C)c2s1. The summed E-state index contributed by atoms with van der Waals surface area (Å²) in [7, 11) is 0. The number of anilines is 1. The number of halogens is 2. The zero-order valence-electron chi connectivity index (χ0n) is 17.1. The van der Waals surface area contributed by atoms with Crippen molar-refractivity contribution in [3.8, 4) is 0 Å². The summed E-state index contributed by atoms with van der Waals surface area (Å²) in [6.45, 7) is 11.5. The molecule has 0 saturated carbocycles. The van der Waals surface area contributed by atoms with Crippen molar-refractivity contribution in [2.75, 3.05) is 31.1 Å². The van der Waals surface area contributed by atoms with E-state index in [4.69, 9.17) is 28.2 Å². The predicted molar refractivity (Wildman–Crippen MR) is 125 cm³/mol. The van der Waals surface area contributed by atoms with E-state index in [1.165, 1.54) is 5.56 Å². The molecule has 4 nitrogen and oxygen atoms in total. The molecule has 0 unspecified atom stereocenters. The van der Waals surface area contributed by atoms with Gasteiger partial charge in [0, 0.05) is 18.1 Å². The summed E-state index contributed by atoms with van der Waals surface area (Å²) in [5.74, 6) is -0.182. The molecule has 0 bridgehead atoms. The molecule has 0 spiro atoms. The number of aromatic nitrogens is 1. The van der Waals surface area contributed by atoms with Crippen molar-refractivity contribution in [3.63, 3.8) is 0 Å². The number of thiazole rings is 1. The molecule has 0 N–H and O–H groups in total. The molecule has 1 amide bonds. The Morgan fingerprint density at radius 3 is 2.48 bits per heavy atom. The summed E-state index contributed by atoms with van der Waals surface area (Å²) in [4.78, 5) is 22.3. The fourth-order valence-corrected chi connectivity index (χ4v) is 4.76. The minimum Gasteiger partial charge on any atom is -0.302 e. The molecule has 0 fully saturated rings. The Bertz CT molecular complexity index is 1030. The van der Waals surface area contributed by atoms with Crippen LogP contribution >= 0.6 is 34.5 Å². The maximum absolute atomic E-state index is 13.5. The summed E-state index contributed by atoms with van der Waals surface area (Å²) in [6.07, 6.45) is 0. The van der Waals surface area contributed by atoms with Crippen molar-refractivity contribution in [2.24, 2.45) is 0 Å². The molecule has 7 heteroatoms. The van der Waals surface area contributed by atoms with Gasteiger partial charge in [0.25, 0.3) is 5.91 Å². The van der Waals surface area contributed by atoms with Gasteiger partial charge in [0.05, 0.1) is 20.8 Å². The first-order chi connectivity index (χ1) is 13.8. The first-order valence-corrected chi connectivity index (χ1v) is 11.3. The number of rotatable bonds is 7. The van der Waals surface area contributed by atoms with Crippen LogP contribution in [0, 0.1) is 13.8 Å². The van der Waals surface area contributed by atoms with Crippen molar-refractivity contribution in [3.05, 3.63) is 57.1 Å². The number of likely N-dealkylation sites (N-methyl/N-ethyl adjacent to an activating group) is 1. The standard InChI is InChI=1S/C22H25Cl2N3OS/c1-5-26(6-2)9-10-27(21(28)17-13-16(23)7-8-18(17)24)22-25-19-12-14(3)11-15(4)20(19)29-22/h7-8,11-13H,5-6,9-10H2,1-4H3. The van der Waals surface area contributed by atoms with Crippen molar-refractivity contribution < 1.29 is 4.79 Å². The summed E-state index contributed by atoms with van der Waals surface area (Å²) in [6, 6.07) is 9.16. The molecule has 0 saturated heterocycles. The highest BCUT2D eigenvalue weighted by Gasteiger charge is 2.24. The fourth-order valence-electron chi connectivity index (χ4n) is 3.35. The Labute approximate surface area is 186 Å². The van der Waals surface area contributed by atoms with Gasteiger partial charge >= 0.3 is 0 Å². The molecule has 0 aliphatic carbocycles. The maximum atomic E-state index is 13.5. The van der Waals surface area contributed by atoms with Gasteiger partial charge in [-0.05, 0) is 62.3 Å². The lowest BCUT2D eigenvalue weighted by molar-refractivity contribution is 0.0984. The lowest BCUT2D eigenvalue weighted by Crippen LogP contribution is -2.39. The van der Waals surface area contributed by atoms with Crippen LogP contribution in [0.3, 0.4) is 0 Å². The molecule has 29 heavy (non-hydrogen) atoms. The number of fused-ring (bicyclic) bond motifs is 1. The Hall–Kier alpha value is -1.66. The molecule has 2 aromatic carbocycles. The van der Waals surface area contributed by atoms with Crippen LogP contribution in [0.25, 0.3) is 10.2 Å². The van der Waals surface area contributed by atoms with Crippen LogP contribution in [-0.2, 0) is 0 Å². The third-order valence-electron chi connectivity index (χ3n) is 4.98. The van der Waals surface area contributed by atoms with E-state index in [9.17, 15) is 4.79 Å². The highest BCUT2D eigenvalue weighted by molar-refractivity contribution is 7.22. The Morgan fingerprint density at radius 1 is 1.07 bits per heavy atom. The number of carbonyl (C=O) groups is 1. The van der Waals surface area contributed by atoms with Gasteiger partial charge in [-0.25, -0.2) is 4.98 Å². The number of hydrogen-bond donors (Lipinski definition) is 0. The van der Waals surface area contributed by atoms with Gasteiger partial charge in [-0.2, -0.15) is 0 Å². The van der Waals surface area contributed by atoms with E-state index in [0.29, 0.717) is 27.3 Å². The van der Waals surface area contributed by atoms with Crippen LogP contribution in [0.1, 0.15) is 35.3 Å². The van der Waals surface area contributed by atoms with Crippen LogP contribution in [0.4, 0.5) is 5.13 Å². The van der Waals surface area contributed by atoms with Crippen LogP contribution in [-0.4, -0.2) is 42.0 Å². The maximum Gasteiger partial charge on any atom is 0.261 e. The minimum absolute atomic E-state index is 0.182. The lowest BCUT2D eigenvalue weighted by atomic mass is 10.1. The number of nitrogens with zero attached hydrogens (tertiary/aromatic N) is 3. The lowest BCUT2D eigenvalue weighted by Gasteiger charge is -2.25. The molecule has 0 atom stereocenters. The molecule has 0 aliphatic heterocycles. The molecule has 3 aromatic rings. The molecular formula is C22H25Cl2N3OS. The van der Waals surface area contributed by atoms with Gasteiger partial charge < -0.3 is 4.90 Å². The monoisotopic (exact) mass is 449 g/mol. The van der Waals surface area contributed by atoms with Gasteiger partial charge in [0.15, 0.2) is 5.13 Å². The first kappa shape index (κ1) is 22.0. The summed E-state index contributed by atoms with van der Waals surface area (Å²) < 4.78 is 1.10. The van der Waals surface area contributed by atoms with Crippen LogP contribution < -0.4 is 4.90 Å². The smallest absolute Gasteiger partial charge is 0.261 e. The second kappa shape index (κ2) is 9.43. The molecule has 154 valence electrons. The molecule has 1 heterocycles. The van der Waals surface area contributed by atoms with Gasteiger partial charge in [-0.1, -0.05) is 54.5 Å². The van der Waals surface area contributed by atoms with Crippen molar-refractivity contribution in [1.29, 1.82) is 0 Å². The zero-order valence-corrected chi connectivity index (χ0v) is 19.5. The number of carbonyl (C=O) groups excluding carboxylic acids is 1. The van der Waals surface area contributed by atoms with Crippen molar-refractivity contribution in [1.82, 2.24) is 9.88 Å². The molecule has 1 aromatic heterocycles. The van der Waals surface area contributed by atoms with Crippen molar-refractivity contribution >= 4 is 55.8 Å². The quantitative estimate of drug-likeness (QED) is 0.430. The number of hydrogen-bond acceptors (Lipinski definition) is 4. The second-order valence-electron chi connectivity index (χ2n) is 7.03. The minimum atomic E-state index is -0.182. The van der Waals surface area contributed by atoms with Crippen LogP contribution in [0.15, 0.2) is 30.3 Å². The van der Waals surface area contributed by atoms with Crippen molar-refractivity contribution in [2.45, 2.75) is 27.7 Å². The molecule has 3 rings (SSSR count). The summed E-state index contributed by atoms with van der Waals surface area (Å²) in [5.41, 5.74) is 3.64. The Kier molecular flexibility index (Phi) is 7.17. The van der Waals surface area contributed by atoms with E-state index in [2.05, 4.69) is 44.7 Å². The third-order valence-corrected chi connectivity index (χ3v) is 6.77. The zero-order chi connectivity index (χ0) is 21.1. The van der Waals surface area contributed by atoms with E-state index in [-0.39, 0.29) is 5.91 Å². The number of aryl methyl sites for hydroxylation is 2. The van der Waals surface area contributed by atoms with Crippen LogP contribution in [0.2, 0.25) is 10.0 Å². The van der Waals surface area contributed by atoms with Gasteiger partial charge in [-0.15, -0.1) is 0 Å². The number of benzene rings is 2. The average molecular weight is 450 g/mol. The van der Waals surface area contributed by atoms with Gasteiger partial charge in [-0.3, -0.25) is 9.69 Å². The van der Waals surface area contributed by atoms with E-state index >= 15 is 0 Å². The predicted octanol–water partition coefficient (Wildman–Crippen LogP) is 6.21. The number of amides is 1. The molecular weight excluding hydrogens is 425 g/mol. The normalized spacial score (nSPS) is 11.4. The summed E-state index contributed by atoms with van der Waals surface area (Å²) >= 11 is 14.0. The van der Waals surface area contributed by atoms with E-state index in [1.54, 1.807) is 34.4 Å². The van der Waals surface area contributed by atoms with Gasteiger partial charge in [0.2, 0.25) is 0 Å². The van der Waals surface area contributed by atoms with Crippen LogP contribution in [0.5, 0.6) is 0 Å². The first-order valence-electron chi connectivity index (χ1n) is 9.71. The topological polar surface area (TPSA) is 36.4 Å². The Morgan fingerprint density at radius 2 is 1.79 bits per heavy atom. The second-order valence-corrected chi connectivity index (χ2v) is 8.86. The molecule has 0 radical (unpaired) electrons. The van der Waals surface area contributed by atoms with E-state index in [1.807, 2.05) is 0 Å². The van der Waals surface area contributed by atoms with E-state index < -0.39 is 0 Å². The van der Waals surface area contributed by atoms with E-state index in [0.717, 1.165) is 35.4 Å². The highest BCUT2D eigenvalue weighted by Crippen LogP contribution is 2.33. The van der Waals surface area contributed by atoms with Gasteiger partial charge in [0.1, 0.15) is 0 Å². The average Bonchev–Trinajstić information content (AvgIpc) is 3.10. The largest absolute Gasteiger partial charge is 0.302 e.